The number of carbonyl (C=O) groups is 1. The van der Waals surface area contributed by atoms with Crippen molar-refractivity contribution >= 4 is 5.91 Å². The number of nitrogens with two attached hydrogens (primary N) is 1. The fourth-order valence-corrected chi connectivity index (χ4v) is 2.45. The van der Waals surface area contributed by atoms with E-state index in [1.165, 1.54) is 0 Å². The minimum Gasteiger partial charge on any atom is -0.494 e. The van der Waals surface area contributed by atoms with Crippen LogP contribution < -0.4 is 16.0 Å². The molecule has 0 saturated carbocycles. The molecule has 3 rings (SSSR count). The van der Waals surface area contributed by atoms with Crippen LogP contribution in [0.4, 0.5) is 0 Å². The number of hydrogen-bond acceptors (Lipinski definition) is 5. The van der Waals surface area contributed by atoms with Crippen molar-refractivity contribution in [2.24, 2.45) is 5.84 Å². The predicted molar refractivity (Wildman–Crippen MR) is 95.7 cm³/mol. The van der Waals surface area contributed by atoms with Gasteiger partial charge in [-0.05, 0) is 31.2 Å². The van der Waals surface area contributed by atoms with Crippen molar-refractivity contribution in [2.45, 2.75) is 6.92 Å². The van der Waals surface area contributed by atoms with Gasteiger partial charge in [0.1, 0.15) is 11.4 Å². The Morgan fingerprint density at radius 3 is 2.44 bits per heavy atom. The Hall–Kier alpha value is -3.25. The molecule has 0 bridgehead atoms. The van der Waals surface area contributed by atoms with Crippen LogP contribution in [0.5, 0.6) is 5.75 Å². The summed E-state index contributed by atoms with van der Waals surface area (Å²) in [5, 5.41) is 0. The van der Waals surface area contributed by atoms with Gasteiger partial charge in [-0.25, -0.2) is 10.8 Å². The van der Waals surface area contributed by atoms with E-state index in [0.717, 1.165) is 16.9 Å². The third kappa shape index (κ3) is 3.64. The number of nitrogens with one attached hydrogen (secondary N) is 1. The van der Waals surface area contributed by atoms with E-state index in [-0.39, 0.29) is 5.69 Å². The normalized spacial score (nSPS) is 10.3. The molecule has 0 saturated heterocycles. The van der Waals surface area contributed by atoms with Crippen LogP contribution in [0.1, 0.15) is 17.4 Å². The largest absolute Gasteiger partial charge is 0.494 e. The van der Waals surface area contributed by atoms with Crippen molar-refractivity contribution < 1.29 is 9.53 Å². The molecule has 126 valence electrons. The molecule has 1 amide bonds. The quantitative estimate of drug-likeness (QED) is 0.425. The van der Waals surface area contributed by atoms with Crippen molar-refractivity contribution in [1.82, 2.24) is 15.4 Å². The molecule has 6 heteroatoms. The first-order chi connectivity index (χ1) is 12.2. The molecule has 0 unspecified atom stereocenters. The highest BCUT2D eigenvalue weighted by Crippen LogP contribution is 2.25. The first kappa shape index (κ1) is 16.6. The number of ether oxygens (including phenoxy) is 1. The van der Waals surface area contributed by atoms with Crippen molar-refractivity contribution in [2.75, 3.05) is 6.61 Å². The average molecular weight is 334 g/mol. The summed E-state index contributed by atoms with van der Waals surface area (Å²) < 4.78 is 5.44. The molecular weight excluding hydrogens is 316 g/mol. The van der Waals surface area contributed by atoms with Crippen LogP contribution in [0.25, 0.3) is 22.5 Å². The maximum atomic E-state index is 12.2. The van der Waals surface area contributed by atoms with Gasteiger partial charge in [0.25, 0.3) is 5.91 Å². The van der Waals surface area contributed by atoms with Crippen molar-refractivity contribution in [3.05, 3.63) is 66.5 Å². The van der Waals surface area contributed by atoms with E-state index in [2.05, 4.69) is 15.4 Å². The lowest BCUT2D eigenvalue weighted by Crippen LogP contribution is -2.31. The number of hydrogen-bond donors (Lipinski definition) is 2. The van der Waals surface area contributed by atoms with Gasteiger partial charge in [0.05, 0.1) is 18.5 Å². The number of carbonyl (C=O) groups excluding carboxylic acids is 1. The molecule has 25 heavy (non-hydrogen) atoms. The van der Waals surface area contributed by atoms with Crippen molar-refractivity contribution in [3.8, 4) is 28.3 Å². The lowest BCUT2D eigenvalue weighted by molar-refractivity contribution is 0.0949. The molecule has 0 aliphatic heterocycles. The molecule has 1 heterocycles. The van der Waals surface area contributed by atoms with Crippen molar-refractivity contribution in [3.63, 3.8) is 0 Å². The molecular formula is C19H18N4O2. The standard InChI is InChI=1S/C19H18N4O2/c1-2-25-15-10-8-13(9-11-15)16-12-21-17(14-6-4-3-5-7-14)18(22-16)19(24)23-20/h3-12H,2,20H2,1H3,(H,23,24). The minimum absolute atomic E-state index is 0.181. The van der Waals surface area contributed by atoms with E-state index >= 15 is 0 Å². The Labute approximate surface area is 145 Å². The molecule has 0 atom stereocenters. The van der Waals surface area contributed by atoms with Crippen LogP contribution in [-0.4, -0.2) is 22.5 Å². The zero-order valence-corrected chi connectivity index (χ0v) is 13.8. The first-order valence-electron chi connectivity index (χ1n) is 7.89. The number of rotatable bonds is 5. The zero-order valence-electron chi connectivity index (χ0n) is 13.8. The maximum absolute atomic E-state index is 12.2. The van der Waals surface area contributed by atoms with E-state index in [9.17, 15) is 4.79 Å². The predicted octanol–water partition coefficient (Wildman–Crippen LogP) is 2.81. The monoisotopic (exact) mass is 334 g/mol. The second-order valence-corrected chi connectivity index (χ2v) is 5.25. The van der Waals surface area contributed by atoms with Crippen LogP contribution in [0.2, 0.25) is 0 Å². The van der Waals surface area contributed by atoms with Gasteiger partial charge in [0.2, 0.25) is 0 Å². The molecule has 1 aromatic heterocycles. The van der Waals surface area contributed by atoms with Gasteiger partial charge in [0.15, 0.2) is 5.69 Å². The van der Waals surface area contributed by atoms with Crippen LogP contribution in [-0.2, 0) is 0 Å². The minimum atomic E-state index is -0.487. The second-order valence-electron chi connectivity index (χ2n) is 5.25. The van der Waals surface area contributed by atoms with Gasteiger partial charge >= 0.3 is 0 Å². The Morgan fingerprint density at radius 2 is 1.80 bits per heavy atom. The van der Waals surface area contributed by atoms with Crippen LogP contribution >= 0.6 is 0 Å². The van der Waals surface area contributed by atoms with E-state index in [1.807, 2.05) is 61.5 Å². The summed E-state index contributed by atoms with van der Waals surface area (Å²) in [6.07, 6.45) is 1.64. The zero-order chi connectivity index (χ0) is 17.6. The topological polar surface area (TPSA) is 90.1 Å². The SMILES string of the molecule is CCOc1ccc(-c2cnc(-c3ccccc3)c(C(=O)NN)n2)cc1. The molecule has 0 spiro atoms. The average Bonchev–Trinajstić information content (AvgIpc) is 2.68. The molecule has 6 nitrogen and oxygen atoms in total. The highest BCUT2D eigenvalue weighted by atomic mass is 16.5. The molecule has 0 aliphatic rings. The Balaban J connectivity index is 2.03. The Kier molecular flexibility index (Phi) is 5.01. The number of nitrogens with zero attached hydrogens (tertiary/aromatic N) is 2. The Bertz CT molecular complexity index is 864. The molecule has 3 N–H and O–H groups in total. The van der Waals surface area contributed by atoms with Gasteiger partial charge in [-0.3, -0.25) is 15.2 Å². The fraction of sp³-hybridized carbons (Fsp3) is 0.105. The summed E-state index contributed by atoms with van der Waals surface area (Å²) >= 11 is 0. The highest BCUT2D eigenvalue weighted by Gasteiger charge is 2.17. The summed E-state index contributed by atoms with van der Waals surface area (Å²) in [5.74, 6) is 5.60. The summed E-state index contributed by atoms with van der Waals surface area (Å²) in [6, 6.07) is 16.9. The van der Waals surface area contributed by atoms with Gasteiger partial charge in [-0.1, -0.05) is 30.3 Å². The molecule has 3 aromatic rings. The van der Waals surface area contributed by atoms with E-state index in [0.29, 0.717) is 18.0 Å². The lowest BCUT2D eigenvalue weighted by atomic mass is 10.1. The van der Waals surface area contributed by atoms with Gasteiger partial charge in [-0.2, -0.15) is 0 Å². The lowest BCUT2D eigenvalue weighted by Gasteiger charge is -2.10. The molecule has 0 fully saturated rings. The summed E-state index contributed by atoms with van der Waals surface area (Å²) in [4.78, 5) is 21.1. The van der Waals surface area contributed by atoms with Gasteiger partial charge in [-0.15, -0.1) is 0 Å². The Morgan fingerprint density at radius 1 is 1.08 bits per heavy atom. The van der Waals surface area contributed by atoms with E-state index < -0.39 is 5.91 Å². The molecule has 2 aromatic carbocycles. The smallest absolute Gasteiger partial charge is 0.286 e. The maximum Gasteiger partial charge on any atom is 0.286 e. The molecule has 0 aliphatic carbocycles. The number of amides is 1. The summed E-state index contributed by atoms with van der Waals surface area (Å²) in [6.45, 7) is 2.53. The van der Waals surface area contributed by atoms with Crippen LogP contribution in [0.15, 0.2) is 60.8 Å². The third-order valence-electron chi connectivity index (χ3n) is 3.63. The van der Waals surface area contributed by atoms with Crippen LogP contribution in [0, 0.1) is 0 Å². The van der Waals surface area contributed by atoms with Crippen molar-refractivity contribution in [1.29, 1.82) is 0 Å². The number of nitrogen functional groups attached to an aromatic ring is 1. The van der Waals surface area contributed by atoms with Gasteiger partial charge in [0, 0.05) is 11.1 Å². The first-order valence-corrected chi connectivity index (χ1v) is 7.89. The summed E-state index contributed by atoms with van der Waals surface area (Å²) in [5.41, 5.74) is 5.02. The fourth-order valence-electron chi connectivity index (χ4n) is 2.45. The van der Waals surface area contributed by atoms with Gasteiger partial charge < -0.3 is 4.74 Å². The van der Waals surface area contributed by atoms with E-state index in [1.54, 1.807) is 6.20 Å². The number of hydrazine groups is 1. The second kappa shape index (κ2) is 7.55. The third-order valence-corrected chi connectivity index (χ3v) is 3.63. The van der Waals surface area contributed by atoms with Crippen LogP contribution in [0.3, 0.4) is 0 Å². The molecule has 0 radical (unpaired) electrons. The summed E-state index contributed by atoms with van der Waals surface area (Å²) in [7, 11) is 0. The number of benzene rings is 2. The highest BCUT2D eigenvalue weighted by molar-refractivity contribution is 5.98. The van der Waals surface area contributed by atoms with E-state index in [4.69, 9.17) is 10.6 Å². The number of aromatic nitrogens is 2.